The van der Waals surface area contributed by atoms with E-state index in [1.54, 1.807) is 7.11 Å². The summed E-state index contributed by atoms with van der Waals surface area (Å²) in [6, 6.07) is 0. The largest absolute Gasteiger partial charge is 0.390 e. The third-order valence-electron chi connectivity index (χ3n) is 4.06. The lowest BCUT2D eigenvalue weighted by molar-refractivity contribution is -0.0697. The molecule has 1 N–H and O–H groups in total. The number of hydrogen-bond donors (Lipinski definition) is 1. The van der Waals surface area contributed by atoms with Crippen LogP contribution in [0.25, 0.3) is 0 Å². The normalized spacial score (nSPS) is 40.1. The molecule has 1 aliphatic carbocycles. The minimum absolute atomic E-state index is 0.253. The lowest BCUT2D eigenvalue weighted by Gasteiger charge is -2.36. The van der Waals surface area contributed by atoms with Gasteiger partial charge < -0.3 is 14.6 Å². The van der Waals surface area contributed by atoms with Crippen LogP contribution in [0, 0.1) is 0 Å². The smallest absolute Gasteiger partial charge is 0.0673 e. The van der Waals surface area contributed by atoms with E-state index in [0.29, 0.717) is 6.10 Å². The molecule has 2 fully saturated rings. The van der Waals surface area contributed by atoms with Gasteiger partial charge in [-0.05, 0) is 44.9 Å². The third kappa shape index (κ3) is 3.19. The van der Waals surface area contributed by atoms with Gasteiger partial charge in [-0.25, -0.2) is 0 Å². The second-order valence-electron chi connectivity index (χ2n) is 5.35. The van der Waals surface area contributed by atoms with Crippen LogP contribution in [0.15, 0.2) is 0 Å². The standard InChI is InChI=1S/C13H24O3/c1-15-12-4-2-7-13(14,10-12)8-6-11-5-3-9-16-11/h11-12,14H,2-10H2,1H3. The number of rotatable bonds is 4. The van der Waals surface area contributed by atoms with Crippen molar-refractivity contribution in [1.29, 1.82) is 0 Å². The van der Waals surface area contributed by atoms with E-state index in [2.05, 4.69) is 0 Å². The van der Waals surface area contributed by atoms with Gasteiger partial charge in [0, 0.05) is 20.1 Å². The van der Waals surface area contributed by atoms with Gasteiger partial charge in [0.2, 0.25) is 0 Å². The summed E-state index contributed by atoms with van der Waals surface area (Å²) < 4.78 is 11.0. The highest BCUT2D eigenvalue weighted by molar-refractivity contribution is 4.87. The van der Waals surface area contributed by atoms with Crippen LogP contribution < -0.4 is 0 Å². The molecule has 3 nitrogen and oxygen atoms in total. The van der Waals surface area contributed by atoms with Gasteiger partial charge in [0.15, 0.2) is 0 Å². The maximum absolute atomic E-state index is 10.5. The van der Waals surface area contributed by atoms with Crippen molar-refractivity contribution in [2.24, 2.45) is 0 Å². The third-order valence-corrected chi connectivity index (χ3v) is 4.06. The van der Waals surface area contributed by atoms with E-state index in [0.717, 1.165) is 45.1 Å². The molecule has 1 saturated carbocycles. The van der Waals surface area contributed by atoms with Gasteiger partial charge in [-0.15, -0.1) is 0 Å². The summed E-state index contributed by atoms with van der Waals surface area (Å²) in [4.78, 5) is 0. The molecule has 0 spiro atoms. The molecule has 1 saturated heterocycles. The number of hydrogen-bond acceptors (Lipinski definition) is 3. The molecule has 1 heterocycles. The van der Waals surface area contributed by atoms with Gasteiger partial charge in [-0.3, -0.25) is 0 Å². The Bertz CT molecular complexity index is 213. The number of methoxy groups -OCH3 is 1. The Morgan fingerprint density at radius 3 is 2.94 bits per heavy atom. The molecule has 3 atom stereocenters. The maximum Gasteiger partial charge on any atom is 0.0673 e. The zero-order valence-corrected chi connectivity index (χ0v) is 10.3. The number of aliphatic hydroxyl groups is 1. The van der Waals surface area contributed by atoms with Crippen molar-refractivity contribution in [2.75, 3.05) is 13.7 Å². The maximum atomic E-state index is 10.5. The van der Waals surface area contributed by atoms with E-state index in [1.807, 2.05) is 0 Å². The molecule has 1 aliphatic heterocycles. The van der Waals surface area contributed by atoms with Crippen molar-refractivity contribution in [3.8, 4) is 0 Å². The van der Waals surface area contributed by atoms with Crippen LogP contribution in [-0.4, -0.2) is 36.6 Å². The molecule has 0 amide bonds. The fourth-order valence-electron chi connectivity index (χ4n) is 3.02. The predicted molar refractivity (Wildman–Crippen MR) is 62.4 cm³/mol. The highest BCUT2D eigenvalue weighted by atomic mass is 16.5. The first kappa shape index (κ1) is 12.3. The van der Waals surface area contributed by atoms with Crippen LogP contribution in [0.4, 0.5) is 0 Å². The molecule has 3 heteroatoms. The van der Waals surface area contributed by atoms with E-state index in [4.69, 9.17) is 9.47 Å². The summed E-state index contributed by atoms with van der Waals surface area (Å²) in [5.74, 6) is 0. The molecule has 2 aliphatic rings. The molecular formula is C13H24O3. The first-order valence-corrected chi connectivity index (χ1v) is 6.59. The van der Waals surface area contributed by atoms with Crippen LogP contribution in [0.3, 0.4) is 0 Å². The molecule has 0 radical (unpaired) electrons. The van der Waals surface area contributed by atoms with Crippen LogP contribution in [0.2, 0.25) is 0 Å². The lowest BCUT2D eigenvalue weighted by atomic mass is 9.79. The molecule has 0 aromatic rings. The van der Waals surface area contributed by atoms with Crippen molar-refractivity contribution in [1.82, 2.24) is 0 Å². The summed E-state index contributed by atoms with van der Waals surface area (Å²) in [6.07, 6.45) is 8.79. The van der Waals surface area contributed by atoms with Gasteiger partial charge in [-0.2, -0.15) is 0 Å². The summed E-state index contributed by atoms with van der Waals surface area (Å²) in [6.45, 7) is 0.907. The zero-order valence-electron chi connectivity index (χ0n) is 10.3. The average molecular weight is 228 g/mol. The Morgan fingerprint density at radius 2 is 2.25 bits per heavy atom. The van der Waals surface area contributed by atoms with Gasteiger partial charge in [0.25, 0.3) is 0 Å². The Labute approximate surface area is 98.1 Å². The topological polar surface area (TPSA) is 38.7 Å². The molecule has 0 aromatic carbocycles. The summed E-state index contributed by atoms with van der Waals surface area (Å²) >= 11 is 0. The molecule has 16 heavy (non-hydrogen) atoms. The zero-order chi connectivity index (χ0) is 11.4. The van der Waals surface area contributed by atoms with Gasteiger partial charge >= 0.3 is 0 Å². The van der Waals surface area contributed by atoms with Crippen molar-refractivity contribution in [3.05, 3.63) is 0 Å². The second kappa shape index (κ2) is 5.48. The predicted octanol–water partition coefficient (Wildman–Crippen LogP) is 2.27. The first-order valence-electron chi connectivity index (χ1n) is 6.59. The molecule has 2 rings (SSSR count). The van der Waals surface area contributed by atoms with E-state index in [9.17, 15) is 5.11 Å². The van der Waals surface area contributed by atoms with Crippen LogP contribution in [-0.2, 0) is 9.47 Å². The fraction of sp³-hybridized carbons (Fsp3) is 1.00. The Morgan fingerprint density at radius 1 is 1.38 bits per heavy atom. The molecule has 0 aromatic heterocycles. The quantitative estimate of drug-likeness (QED) is 0.802. The van der Waals surface area contributed by atoms with E-state index in [1.165, 1.54) is 12.8 Å². The highest BCUT2D eigenvalue weighted by Gasteiger charge is 2.35. The highest BCUT2D eigenvalue weighted by Crippen LogP contribution is 2.34. The van der Waals surface area contributed by atoms with Crippen molar-refractivity contribution >= 4 is 0 Å². The summed E-state index contributed by atoms with van der Waals surface area (Å²) in [5, 5.41) is 10.5. The van der Waals surface area contributed by atoms with E-state index in [-0.39, 0.29) is 6.10 Å². The first-order chi connectivity index (χ1) is 7.72. The average Bonchev–Trinajstić information content (AvgIpc) is 2.79. The van der Waals surface area contributed by atoms with Crippen molar-refractivity contribution in [2.45, 2.75) is 69.2 Å². The monoisotopic (exact) mass is 228 g/mol. The minimum Gasteiger partial charge on any atom is -0.390 e. The molecule has 94 valence electrons. The van der Waals surface area contributed by atoms with Crippen LogP contribution in [0.1, 0.15) is 51.4 Å². The second-order valence-corrected chi connectivity index (χ2v) is 5.35. The molecule has 0 bridgehead atoms. The number of ether oxygens (including phenoxy) is 2. The molecular weight excluding hydrogens is 204 g/mol. The van der Waals surface area contributed by atoms with Crippen molar-refractivity contribution < 1.29 is 14.6 Å². The lowest BCUT2D eigenvalue weighted by Crippen LogP contribution is -2.38. The Kier molecular flexibility index (Phi) is 4.22. The summed E-state index contributed by atoms with van der Waals surface area (Å²) in [7, 11) is 1.75. The minimum atomic E-state index is -0.495. The fourth-order valence-corrected chi connectivity index (χ4v) is 3.02. The van der Waals surface area contributed by atoms with Crippen LogP contribution in [0.5, 0.6) is 0 Å². The van der Waals surface area contributed by atoms with Gasteiger partial charge in [-0.1, -0.05) is 0 Å². The van der Waals surface area contributed by atoms with Crippen molar-refractivity contribution in [3.63, 3.8) is 0 Å². The summed E-state index contributed by atoms with van der Waals surface area (Å²) in [5.41, 5.74) is -0.495. The SMILES string of the molecule is COC1CCCC(O)(CCC2CCCO2)C1. The van der Waals surface area contributed by atoms with E-state index >= 15 is 0 Å². The molecule has 3 unspecified atom stereocenters. The Hall–Kier alpha value is -0.120. The van der Waals surface area contributed by atoms with Gasteiger partial charge in [0.05, 0.1) is 17.8 Å². The Balaban J connectivity index is 1.77. The van der Waals surface area contributed by atoms with Gasteiger partial charge in [0.1, 0.15) is 0 Å². The van der Waals surface area contributed by atoms with E-state index < -0.39 is 5.60 Å². The van der Waals surface area contributed by atoms with Crippen LogP contribution >= 0.6 is 0 Å².